The van der Waals surface area contributed by atoms with Gasteiger partial charge in [0.25, 0.3) is 0 Å². The molecule has 250 valence electrons. The molecule has 0 bridgehead atoms. The zero-order valence-electron chi connectivity index (χ0n) is 25.1. The van der Waals surface area contributed by atoms with Crippen molar-refractivity contribution in [1.29, 1.82) is 0 Å². The van der Waals surface area contributed by atoms with Crippen LogP contribution < -0.4 is 9.47 Å². The van der Waals surface area contributed by atoms with Crippen molar-refractivity contribution < 1.29 is 49.0 Å². The molecule has 0 fully saturated rings. The second kappa shape index (κ2) is 14.4. The number of benzene rings is 4. The Morgan fingerprint density at radius 3 is 1.73 bits per heavy atom. The fourth-order valence-electron chi connectivity index (χ4n) is 5.01. The molecule has 0 amide bonds. The Balaban J connectivity index is 1.35. The van der Waals surface area contributed by atoms with Crippen LogP contribution in [0.5, 0.6) is 11.5 Å². The molecule has 0 N–H and O–H groups in total. The van der Waals surface area contributed by atoms with E-state index in [2.05, 4.69) is 26.4 Å². The van der Waals surface area contributed by atoms with Crippen LogP contribution in [0.1, 0.15) is 37.3 Å². The predicted molar refractivity (Wildman–Crippen MR) is 159 cm³/mol. The molecule has 48 heavy (non-hydrogen) atoms. The first-order valence-corrected chi connectivity index (χ1v) is 14.6. The van der Waals surface area contributed by atoms with E-state index < -0.39 is 76.1 Å². The first-order chi connectivity index (χ1) is 22.9. The SMILES string of the molecule is CCCCCc1cnc(-c2ccc(-c3cc(F)c(C(F)(F)Oc4ccc(-c5cc(F)c(OCF)c(F)c5)c(F)c4)c(F)c3)c(F)c2)nc1. The third-order valence-electron chi connectivity index (χ3n) is 7.34. The summed E-state index contributed by atoms with van der Waals surface area (Å²) in [5.41, 5.74) is -2.16. The summed E-state index contributed by atoms with van der Waals surface area (Å²) >= 11 is 0. The van der Waals surface area contributed by atoms with E-state index in [1.165, 1.54) is 12.1 Å². The maximum atomic E-state index is 15.1. The number of aromatic nitrogens is 2. The van der Waals surface area contributed by atoms with Crippen LogP contribution in [-0.4, -0.2) is 16.8 Å². The molecule has 5 aromatic rings. The topological polar surface area (TPSA) is 44.2 Å². The molecular weight excluding hydrogens is 651 g/mol. The van der Waals surface area contributed by atoms with Gasteiger partial charge in [0.1, 0.15) is 34.6 Å². The largest absolute Gasteiger partial charge is 0.457 e. The Morgan fingerprint density at radius 2 is 1.19 bits per heavy atom. The van der Waals surface area contributed by atoms with Crippen molar-refractivity contribution in [2.24, 2.45) is 0 Å². The van der Waals surface area contributed by atoms with Crippen molar-refractivity contribution in [3.05, 3.63) is 119 Å². The Labute approximate surface area is 268 Å². The van der Waals surface area contributed by atoms with Crippen molar-refractivity contribution in [3.8, 4) is 45.1 Å². The van der Waals surface area contributed by atoms with E-state index >= 15 is 22.0 Å². The van der Waals surface area contributed by atoms with Crippen LogP contribution in [-0.2, 0) is 12.5 Å². The van der Waals surface area contributed by atoms with Crippen molar-refractivity contribution >= 4 is 0 Å². The molecule has 0 saturated heterocycles. The molecule has 0 atom stereocenters. The van der Waals surface area contributed by atoms with Crippen molar-refractivity contribution in [1.82, 2.24) is 9.97 Å². The van der Waals surface area contributed by atoms with Gasteiger partial charge in [0.15, 0.2) is 23.2 Å². The number of hydrogen-bond donors (Lipinski definition) is 0. The van der Waals surface area contributed by atoms with Crippen LogP contribution in [0.25, 0.3) is 33.6 Å². The number of aryl methyl sites for hydroxylation is 1. The van der Waals surface area contributed by atoms with Gasteiger partial charge >= 0.3 is 6.11 Å². The smallest absolute Gasteiger partial charge is 0.432 e. The molecule has 0 aliphatic carbocycles. The molecule has 0 saturated carbocycles. The number of hydrogen-bond acceptors (Lipinski definition) is 4. The highest BCUT2D eigenvalue weighted by Gasteiger charge is 2.41. The number of ether oxygens (including phenoxy) is 2. The lowest BCUT2D eigenvalue weighted by atomic mass is 10.00. The van der Waals surface area contributed by atoms with Crippen LogP contribution in [0, 0.1) is 34.9 Å². The van der Waals surface area contributed by atoms with Gasteiger partial charge in [-0.2, -0.15) is 8.78 Å². The number of halogens is 9. The molecule has 4 aromatic carbocycles. The van der Waals surface area contributed by atoms with Crippen LogP contribution >= 0.6 is 0 Å². The van der Waals surface area contributed by atoms with Gasteiger partial charge in [0, 0.05) is 35.2 Å². The van der Waals surface area contributed by atoms with E-state index in [1.807, 2.05) is 0 Å². The predicted octanol–water partition coefficient (Wildman–Crippen LogP) is 10.5. The molecule has 0 radical (unpaired) electrons. The fraction of sp³-hybridized carbons (Fsp3) is 0.200. The lowest BCUT2D eigenvalue weighted by Gasteiger charge is -2.20. The van der Waals surface area contributed by atoms with Crippen molar-refractivity contribution in [2.75, 3.05) is 6.86 Å². The van der Waals surface area contributed by atoms with E-state index in [9.17, 15) is 17.6 Å². The number of nitrogens with zero attached hydrogens (tertiary/aromatic N) is 2. The zero-order chi connectivity index (χ0) is 34.6. The Kier molecular flexibility index (Phi) is 10.3. The molecule has 13 heteroatoms. The Bertz CT molecular complexity index is 1890. The van der Waals surface area contributed by atoms with Crippen molar-refractivity contribution in [2.45, 2.75) is 38.7 Å². The lowest BCUT2D eigenvalue weighted by Crippen LogP contribution is -2.25. The Morgan fingerprint density at radius 1 is 0.646 bits per heavy atom. The average molecular weight is 677 g/mol. The van der Waals surface area contributed by atoms with Gasteiger partial charge in [-0.1, -0.05) is 31.9 Å². The average Bonchev–Trinajstić information content (AvgIpc) is 3.02. The highest BCUT2D eigenvalue weighted by Crippen LogP contribution is 2.39. The van der Waals surface area contributed by atoms with Crippen LogP contribution in [0.2, 0.25) is 0 Å². The maximum Gasteiger partial charge on any atom is 0.432 e. The van der Waals surface area contributed by atoms with Gasteiger partial charge in [-0.05, 0) is 72.0 Å². The van der Waals surface area contributed by atoms with E-state index in [-0.39, 0.29) is 22.5 Å². The minimum atomic E-state index is -4.69. The van der Waals surface area contributed by atoms with Crippen molar-refractivity contribution in [3.63, 3.8) is 0 Å². The third-order valence-corrected chi connectivity index (χ3v) is 7.34. The molecule has 0 unspecified atom stereocenters. The van der Waals surface area contributed by atoms with E-state index in [0.29, 0.717) is 30.3 Å². The standard InChI is InChI=1S/C35H25F9N2O2/c1-2-3-4-5-19-16-45-34(46-17-19)20-6-8-24(26(37)10-20)21-11-28(39)32(29(40)12-21)35(43,44)48-23-7-9-25(27(38)15-23)22-13-30(41)33(47-18-36)31(42)14-22/h6-17H,2-5,18H2,1H3. The summed E-state index contributed by atoms with van der Waals surface area (Å²) in [5, 5.41) is 0. The summed E-state index contributed by atoms with van der Waals surface area (Å²) in [6, 6.07) is 7.95. The second-order valence-electron chi connectivity index (χ2n) is 10.7. The first kappa shape index (κ1) is 34.3. The van der Waals surface area contributed by atoms with Gasteiger partial charge in [-0.15, -0.1) is 0 Å². The van der Waals surface area contributed by atoms with Gasteiger partial charge in [0.2, 0.25) is 6.86 Å². The van der Waals surface area contributed by atoms with Crippen LogP contribution in [0.4, 0.5) is 39.5 Å². The summed E-state index contributed by atoms with van der Waals surface area (Å²) in [7, 11) is 0. The monoisotopic (exact) mass is 676 g/mol. The molecule has 1 aromatic heterocycles. The first-order valence-electron chi connectivity index (χ1n) is 14.6. The summed E-state index contributed by atoms with van der Waals surface area (Å²) in [6.07, 6.45) is 2.46. The minimum absolute atomic E-state index is 0.217. The Hall–Kier alpha value is -5.07. The van der Waals surface area contributed by atoms with E-state index in [0.717, 1.165) is 49.4 Å². The number of unbranched alkanes of at least 4 members (excludes halogenated alkanes) is 2. The molecule has 0 spiro atoms. The zero-order valence-corrected chi connectivity index (χ0v) is 25.1. The highest BCUT2D eigenvalue weighted by atomic mass is 19.3. The molecule has 4 nitrogen and oxygen atoms in total. The third kappa shape index (κ3) is 7.40. The minimum Gasteiger partial charge on any atom is -0.457 e. The van der Waals surface area contributed by atoms with E-state index in [1.54, 1.807) is 12.4 Å². The van der Waals surface area contributed by atoms with Gasteiger partial charge in [0.05, 0.1) is 0 Å². The molecule has 1 heterocycles. The summed E-state index contributed by atoms with van der Waals surface area (Å²) in [5.74, 6) is -10.2. The quantitative estimate of drug-likeness (QED) is 0.0975. The highest BCUT2D eigenvalue weighted by molar-refractivity contribution is 5.69. The summed E-state index contributed by atoms with van der Waals surface area (Å²) in [4.78, 5) is 8.50. The van der Waals surface area contributed by atoms with Gasteiger partial charge in [-0.3, -0.25) is 0 Å². The normalized spacial score (nSPS) is 11.5. The molecule has 0 aliphatic heterocycles. The van der Waals surface area contributed by atoms with Gasteiger partial charge < -0.3 is 9.47 Å². The van der Waals surface area contributed by atoms with Crippen LogP contribution in [0.3, 0.4) is 0 Å². The fourth-order valence-corrected chi connectivity index (χ4v) is 5.01. The molecule has 5 rings (SSSR count). The summed E-state index contributed by atoms with van der Waals surface area (Å²) < 4.78 is 139. The maximum absolute atomic E-state index is 15.1. The lowest BCUT2D eigenvalue weighted by molar-refractivity contribution is -0.189. The molecular formula is C35H25F9N2O2. The molecule has 0 aliphatic rings. The summed E-state index contributed by atoms with van der Waals surface area (Å²) in [6.45, 7) is 0.556. The van der Waals surface area contributed by atoms with E-state index in [4.69, 9.17) is 0 Å². The van der Waals surface area contributed by atoms with Gasteiger partial charge in [-0.25, -0.2) is 40.7 Å². The number of rotatable bonds is 12. The van der Waals surface area contributed by atoms with Crippen LogP contribution in [0.15, 0.2) is 73.1 Å². The number of alkyl halides is 3. The second-order valence-corrected chi connectivity index (χ2v) is 10.7.